The molecular formula is C23H25N3O2. The number of fused-ring (bicyclic) bond motifs is 1. The fourth-order valence-electron chi connectivity index (χ4n) is 3.87. The molecule has 0 saturated heterocycles. The van der Waals surface area contributed by atoms with Crippen LogP contribution in [0, 0.1) is 6.92 Å². The molecule has 144 valence electrons. The van der Waals surface area contributed by atoms with Gasteiger partial charge in [-0.2, -0.15) is 5.10 Å². The van der Waals surface area contributed by atoms with Crippen LogP contribution in [0.25, 0.3) is 0 Å². The number of carbonyl (C=O) groups is 1. The summed E-state index contributed by atoms with van der Waals surface area (Å²) < 4.78 is 5.64. The number of aromatic amines is 1. The molecule has 1 N–H and O–H groups in total. The van der Waals surface area contributed by atoms with Crippen LogP contribution >= 0.6 is 0 Å². The molecule has 1 atom stereocenters. The Kier molecular flexibility index (Phi) is 4.26. The predicted octanol–water partition coefficient (Wildman–Crippen LogP) is 4.77. The Morgan fingerprint density at radius 3 is 2.39 bits per heavy atom. The summed E-state index contributed by atoms with van der Waals surface area (Å²) in [6, 6.07) is 15.6. The smallest absolute Gasteiger partial charge is 0.280 e. The molecule has 0 saturated carbocycles. The molecule has 0 spiro atoms. The van der Waals surface area contributed by atoms with Gasteiger partial charge in [-0.3, -0.25) is 14.8 Å². The fourth-order valence-corrected chi connectivity index (χ4v) is 3.87. The number of para-hydroxylation sites is 1. The van der Waals surface area contributed by atoms with E-state index in [9.17, 15) is 4.79 Å². The summed E-state index contributed by atoms with van der Waals surface area (Å²) in [7, 11) is 1.66. The molecule has 5 nitrogen and oxygen atoms in total. The molecule has 2 heterocycles. The van der Waals surface area contributed by atoms with Gasteiger partial charge in [-0.25, -0.2) is 0 Å². The minimum Gasteiger partial charge on any atom is -0.496 e. The quantitative estimate of drug-likeness (QED) is 0.717. The molecule has 0 aliphatic carbocycles. The van der Waals surface area contributed by atoms with E-state index in [1.54, 1.807) is 7.11 Å². The van der Waals surface area contributed by atoms with Gasteiger partial charge < -0.3 is 4.74 Å². The van der Waals surface area contributed by atoms with Gasteiger partial charge >= 0.3 is 0 Å². The molecule has 1 aliphatic rings. The Morgan fingerprint density at radius 2 is 1.75 bits per heavy atom. The minimum atomic E-state index is -0.297. The van der Waals surface area contributed by atoms with Crippen LogP contribution in [0.4, 0.5) is 5.69 Å². The van der Waals surface area contributed by atoms with Gasteiger partial charge in [0.1, 0.15) is 5.75 Å². The number of hydrogen-bond donors (Lipinski definition) is 1. The van der Waals surface area contributed by atoms with Crippen LogP contribution in [-0.4, -0.2) is 23.2 Å². The Morgan fingerprint density at radius 1 is 1.07 bits per heavy atom. The molecule has 0 fully saturated rings. The monoisotopic (exact) mass is 375 g/mol. The molecule has 2 aromatic carbocycles. The molecule has 4 rings (SSSR count). The van der Waals surface area contributed by atoms with E-state index in [-0.39, 0.29) is 17.4 Å². The van der Waals surface area contributed by atoms with Crippen molar-refractivity contribution in [3.05, 3.63) is 76.6 Å². The van der Waals surface area contributed by atoms with Crippen molar-refractivity contribution in [2.45, 2.75) is 39.2 Å². The zero-order valence-electron chi connectivity index (χ0n) is 16.9. The van der Waals surface area contributed by atoms with Crippen LogP contribution in [0.5, 0.6) is 5.75 Å². The summed E-state index contributed by atoms with van der Waals surface area (Å²) in [5.41, 5.74) is 5.17. The molecule has 1 aliphatic heterocycles. The number of rotatable bonds is 3. The number of anilines is 1. The molecule has 1 aromatic heterocycles. The van der Waals surface area contributed by atoms with Gasteiger partial charge in [0.15, 0.2) is 5.69 Å². The zero-order chi connectivity index (χ0) is 20.1. The number of H-pyrrole nitrogens is 1. The van der Waals surface area contributed by atoms with Crippen molar-refractivity contribution in [3.63, 3.8) is 0 Å². The third kappa shape index (κ3) is 2.78. The second-order valence-corrected chi connectivity index (χ2v) is 8.27. The van der Waals surface area contributed by atoms with Crippen molar-refractivity contribution in [2.24, 2.45) is 0 Å². The van der Waals surface area contributed by atoms with Gasteiger partial charge in [-0.15, -0.1) is 0 Å². The lowest BCUT2D eigenvalue weighted by Crippen LogP contribution is -2.30. The van der Waals surface area contributed by atoms with E-state index in [1.165, 1.54) is 0 Å². The average Bonchev–Trinajstić information content (AvgIpc) is 3.22. The lowest BCUT2D eigenvalue weighted by molar-refractivity contribution is 0.0988. The minimum absolute atomic E-state index is 0.0958. The normalized spacial score (nSPS) is 16.4. The van der Waals surface area contributed by atoms with Gasteiger partial charge in [0.05, 0.1) is 13.2 Å². The highest BCUT2D eigenvalue weighted by atomic mass is 16.5. The SMILES string of the molecule is COc1ccccc1[C@@H]1c2c(n[nH]c2C(C)(C)C)C(=O)N1c1ccc(C)cc1. The summed E-state index contributed by atoms with van der Waals surface area (Å²) in [5.74, 6) is 0.660. The first kappa shape index (κ1) is 18.3. The third-order valence-corrected chi connectivity index (χ3v) is 5.25. The largest absolute Gasteiger partial charge is 0.496 e. The number of methoxy groups -OCH3 is 1. The molecule has 5 heteroatoms. The van der Waals surface area contributed by atoms with Gasteiger partial charge in [0.2, 0.25) is 0 Å². The summed E-state index contributed by atoms with van der Waals surface area (Å²) >= 11 is 0. The number of nitrogens with zero attached hydrogens (tertiary/aromatic N) is 2. The maximum absolute atomic E-state index is 13.4. The topological polar surface area (TPSA) is 58.2 Å². The molecule has 0 bridgehead atoms. The number of hydrogen-bond acceptors (Lipinski definition) is 3. The summed E-state index contributed by atoms with van der Waals surface area (Å²) in [4.78, 5) is 15.2. The van der Waals surface area contributed by atoms with Crippen LogP contribution in [0.3, 0.4) is 0 Å². The van der Waals surface area contributed by atoms with Crippen molar-refractivity contribution < 1.29 is 9.53 Å². The van der Waals surface area contributed by atoms with Gasteiger partial charge in [0, 0.05) is 27.9 Å². The standard InChI is InChI=1S/C23H25N3O2/c1-14-10-12-15(13-11-14)26-20(16-8-6-7-9-17(16)28-5)18-19(22(26)27)24-25-21(18)23(2,3)4/h6-13,20H,1-5H3,(H,24,25)/t20-/m1/s1. The fraction of sp³-hybridized carbons (Fsp3) is 0.304. The number of aryl methyl sites for hydroxylation is 1. The molecule has 28 heavy (non-hydrogen) atoms. The molecule has 1 amide bonds. The van der Waals surface area contributed by atoms with Crippen molar-refractivity contribution in [1.82, 2.24) is 10.2 Å². The Labute approximate surface area is 165 Å². The van der Waals surface area contributed by atoms with E-state index in [4.69, 9.17) is 4.74 Å². The molecular weight excluding hydrogens is 350 g/mol. The highest BCUT2D eigenvalue weighted by Gasteiger charge is 2.45. The Balaban J connectivity index is 1.98. The number of amides is 1. The highest BCUT2D eigenvalue weighted by molar-refractivity contribution is 6.10. The average molecular weight is 375 g/mol. The van der Waals surface area contributed by atoms with Crippen LogP contribution < -0.4 is 9.64 Å². The second kappa shape index (κ2) is 6.51. The van der Waals surface area contributed by atoms with Crippen molar-refractivity contribution in [1.29, 1.82) is 0 Å². The van der Waals surface area contributed by atoms with Gasteiger partial charge in [0.25, 0.3) is 5.91 Å². The lowest BCUT2D eigenvalue weighted by Gasteiger charge is -2.29. The maximum Gasteiger partial charge on any atom is 0.280 e. The number of benzene rings is 2. The summed E-state index contributed by atoms with van der Waals surface area (Å²) in [5, 5.41) is 7.54. The van der Waals surface area contributed by atoms with Crippen molar-refractivity contribution >= 4 is 11.6 Å². The van der Waals surface area contributed by atoms with E-state index in [2.05, 4.69) is 31.0 Å². The van der Waals surface area contributed by atoms with Crippen LogP contribution in [-0.2, 0) is 5.41 Å². The summed E-state index contributed by atoms with van der Waals surface area (Å²) in [6.45, 7) is 8.41. The Hall–Kier alpha value is -3.08. The number of nitrogens with one attached hydrogen (secondary N) is 1. The van der Waals surface area contributed by atoms with Crippen LogP contribution in [0.15, 0.2) is 48.5 Å². The molecule has 0 unspecified atom stereocenters. The van der Waals surface area contributed by atoms with E-state index < -0.39 is 0 Å². The molecule has 3 aromatic rings. The first-order valence-corrected chi connectivity index (χ1v) is 9.45. The van der Waals surface area contributed by atoms with E-state index >= 15 is 0 Å². The van der Waals surface area contributed by atoms with Crippen molar-refractivity contribution in [2.75, 3.05) is 12.0 Å². The molecule has 0 radical (unpaired) electrons. The van der Waals surface area contributed by atoms with Gasteiger partial charge in [-0.1, -0.05) is 56.7 Å². The predicted molar refractivity (Wildman–Crippen MR) is 110 cm³/mol. The van der Waals surface area contributed by atoms with Crippen LogP contribution in [0.1, 0.15) is 59.7 Å². The van der Waals surface area contributed by atoms with Crippen LogP contribution in [0.2, 0.25) is 0 Å². The first-order valence-electron chi connectivity index (χ1n) is 9.45. The van der Waals surface area contributed by atoms with Gasteiger partial charge in [-0.05, 0) is 25.1 Å². The van der Waals surface area contributed by atoms with E-state index in [1.807, 2.05) is 60.4 Å². The number of ether oxygens (including phenoxy) is 1. The Bertz CT molecular complexity index is 1030. The number of aromatic nitrogens is 2. The van der Waals surface area contributed by atoms with Crippen molar-refractivity contribution in [3.8, 4) is 5.75 Å². The first-order chi connectivity index (χ1) is 13.3. The number of carbonyl (C=O) groups excluding carboxylic acids is 1. The van der Waals surface area contributed by atoms with E-state index in [0.29, 0.717) is 5.69 Å². The third-order valence-electron chi connectivity index (χ3n) is 5.25. The summed E-state index contributed by atoms with van der Waals surface area (Å²) in [6.07, 6.45) is 0. The van der Waals surface area contributed by atoms with E-state index in [0.717, 1.165) is 33.8 Å². The second-order valence-electron chi connectivity index (χ2n) is 8.27. The zero-order valence-corrected chi connectivity index (χ0v) is 16.9. The highest BCUT2D eigenvalue weighted by Crippen LogP contribution is 2.47. The lowest BCUT2D eigenvalue weighted by atomic mass is 9.85. The maximum atomic E-state index is 13.4.